The molecule has 1 aromatic rings. The van der Waals surface area contributed by atoms with Crippen molar-refractivity contribution in [2.75, 3.05) is 18.6 Å². The number of rotatable bonds is 5. The van der Waals surface area contributed by atoms with Crippen LogP contribution in [0.4, 0.5) is 0 Å². The number of carbonyl (C=O) groups excluding carboxylic acids is 1. The molecule has 0 heterocycles. The van der Waals surface area contributed by atoms with E-state index in [1.807, 2.05) is 0 Å². The van der Waals surface area contributed by atoms with Crippen LogP contribution in [0.5, 0.6) is 0 Å². The summed E-state index contributed by atoms with van der Waals surface area (Å²) in [5.41, 5.74) is 1.80. The van der Waals surface area contributed by atoms with Crippen LogP contribution >= 0.6 is 10.7 Å². The Hall–Kier alpha value is -0.920. The summed E-state index contributed by atoms with van der Waals surface area (Å²) in [6, 6.07) is 1.62. The van der Waals surface area contributed by atoms with Gasteiger partial charge in [0.05, 0.1) is 4.90 Å². The van der Waals surface area contributed by atoms with Gasteiger partial charge in [0, 0.05) is 45.6 Å². The van der Waals surface area contributed by atoms with Crippen LogP contribution in [0.2, 0.25) is 0 Å². The monoisotopic (exact) mass is 351 g/mol. The zero-order valence-corrected chi connectivity index (χ0v) is 14.7. The second kappa shape index (κ2) is 6.89. The molecule has 0 aromatic heterocycles. The van der Waals surface area contributed by atoms with Crippen molar-refractivity contribution in [3.8, 4) is 0 Å². The molecule has 0 saturated carbocycles. The SMILES string of the molecule is Cc1cc(C)c(S(=O)(=O)Cl)c(C)c1C(=O)NCCS(C)=O. The lowest BCUT2D eigenvalue weighted by Crippen LogP contribution is -2.29. The van der Waals surface area contributed by atoms with Gasteiger partial charge in [-0.1, -0.05) is 6.07 Å². The minimum atomic E-state index is -3.93. The van der Waals surface area contributed by atoms with Gasteiger partial charge in [-0.3, -0.25) is 9.00 Å². The second-order valence-corrected chi connectivity index (χ2v) is 8.87. The molecule has 0 radical (unpaired) electrons. The van der Waals surface area contributed by atoms with Crippen LogP contribution in [0, 0.1) is 20.8 Å². The van der Waals surface area contributed by atoms with Gasteiger partial charge in [-0.05, 0) is 37.5 Å². The van der Waals surface area contributed by atoms with E-state index >= 15 is 0 Å². The Morgan fingerprint density at radius 3 is 2.33 bits per heavy atom. The lowest BCUT2D eigenvalue weighted by molar-refractivity contribution is 0.0954. The second-order valence-electron chi connectivity index (χ2n) is 4.81. The number of hydrogen-bond acceptors (Lipinski definition) is 4. The Morgan fingerprint density at radius 1 is 1.29 bits per heavy atom. The van der Waals surface area contributed by atoms with E-state index < -0.39 is 25.8 Å². The van der Waals surface area contributed by atoms with Gasteiger partial charge in [0.25, 0.3) is 15.0 Å². The van der Waals surface area contributed by atoms with Crippen molar-refractivity contribution < 1.29 is 17.4 Å². The normalized spacial score (nSPS) is 13.0. The third kappa shape index (κ3) is 4.52. The van der Waals surface area contributed by atoms with Crippen LogP contribution in [0.25, 0.3) is 0 Å². The van der Waals surface area contributed by atoms with Gasteiger partial charge in [-0.2, -0.15) is 0 Å². The van der Waals surface area contributed by atoms with Crippen LogP contribution in [0.15, 0.2) is 11.0 Å². The summed E-state index contributed by atoms with van der Waals surface area (Å²) in [7, 11) is 0.514. The van der Waals surface area contributed by atoms with Crippen molar-refractivity contribution in [2.45, 2.75) is 25.7 Å². The molecule has 1 atom stereocenters. The van der Waals surface area contributed by atoms with Crippen molar-refractivity contribution in [1.29, 1.82) is 0 Å². The molecule has 0 saturated heterocycles. The number of halogens is 1. The molecule has 5 nitrogen and oxygen atoms in total. The molecule has 8 heteroatoms. The maximum Gasteiger partial charge on any atom is 0.261 e. The first-order chi connectivity index (χ1) is 9.55. The predicted molar refractivity (Wildman–Crippen MR) is 85.0 cm³/mol. The topological polar surface area (TPSA) is 80.3 Å². The highest BCUT2D eigenvalue weighted by atomic mass is 35.7. The van der Waals surface area contributed by atoms with Crippen molar-refractivity contribution in [1.82, 2.24) is 5.32 Å². The molecule has 0 bridgehead atoms. The lowest BCUT2D eigenvalue weighted by Gasteiger charge is -2.15. The van der Waals surface area contributed by atoms with Gasteiger partial charge >= 0.3 is 0 Å². The van der Waals surface area contributed by atoms with Gasteiger partial charge in [-0.25, -0.2) is 8.42 Å². The molecule has 0 aliphatic rings. The molecule has 21 heavy (non-hydrogen) atoms. The van der Waals surface area contributed by atoms with E-state index in [1.165, 1.54) is 0 Å². The van der Waals surface area contributed by atoms with Gasteiger partial charge in [0.1, 0.15) is 0 Å². The van der Waals surface area contributed by atoms with E-state index in [2.05, 4.69) is 5.32 Å². The number of amides is 1. The van der Waals surface area contributed by atoms with Crippen molar-refractivity contribution in [3.05, 3.63) is 28.3 Å². The molecule has 0 aliphatic heterocycles. The number of aryl methyl sites for hydroxylation is 2. The van der Waals surface area contributed by atoms with E-state index in [-0.39, 0.29) is 11.4 Å². The Bertz CT molecular complexity index is 699. The van der Waals surface area contributed by atoms with E-state index in [9.17, 15) is 17.4 Å². The summed E-state index contributed by atoms with van der Waals surface area (Å²) >= 11 is 0. The van der Waals surface area contributed by atoms with Crippen LogP contribution in [-0.2, 0) is 19.9 Å². The third-order valence-electron chi connectivity index (χ3n) is 3.05. The van der Waals surface area contributed by atoms with Gasteiger partial charge in [0.15, 0.2) is 0 Å². The highest BCUT2D eigenvalue weighted by Gasteiger charge is 2.23. The van der Waals surface area contributed by atoms with Gasteiger partial charge in [-0.15, -0.1) is 0 Å². The molecule has 0 spiro atoms. The smallest absolute Gasteiger partial charge is 0.261 e. The van der Waals surface area contributed by atoms with Gasteiger partial charge in [0.2, 0.25) is 0 Å². The van der Waals surface area contributed by atoms with E-state index in [1.54, 1.807) is 33.1 Å². The standard InChI is InChI=1S/C13H18ClNO4S2/c1-8-7-9(2)12(21(14,18)19)10(3)11(8)13(16)15-5-6-20(4)17/h7H,5-6H2,1-4H3,(H,15,16). The molecule has 0 aliphatic carbocycles. The van der Waals surface area contributed by atoms with Crippen LogP contribution in [0.1, 0.15) is 27.0 Å². The third-order valence-corrected chi connectivity index (χ3v) is 5.40. The van der Waals surface area contributed by atoms with Crippen LogP contribution < -0.4 is 5.32 Å². The highest BCUT2D eigenvalue weighted by Crippen LogP contribution is 2.28. The summed E-state index contributed by atoms with van der Waals surface area (Å²) in [6.45, 7) is 5.19. The minimum absolute atomic E-state index is 0.0287. The van der Waals surface area contributed by atoms with Crippen LogP contribution in [-0.4, -0.2) is 37.1 Å². The first kappa shape index (κ1) is 18.1. The lowest BCUT2D eigenvalue weighted by atomic mass is 9.99. The number of carbonyl (C=O) groups is 1. The largest absolute Gasteiger partial charge is 0.351 e. The fraction of sp³-hybridized carbons (Fsp3) is 0.462. The molecule has 1 rings (SSSR count). The van der Waals surface area contributed by atoms with E-state index in [4.69, 9.17) is 10.7 Å². The Kier molecular flexibility index (Phi) is 5.95. The quantitative estimate of drug-likeness (QED) is 0.818. The summed E-state index contributed by atoms with van der Waals surface area (Å²) < 4.78 is 34.3. The summed E-state index contributed by atoms with van der Waals surface area (Å²) in [6.07, 6.45) is 1.55. The molecule has 1 amide bonds. The fourth-order valence-corrected chi connectivity index (χ4v) is 4.30. The molecule has 1 N–H and O–H groups in total. The maximum absolute atomic E-state index is 12.2. The van der Waals surface area contributed by atoms with E-state index in [0.717, 1.165) is 0 Å². The molecule has 1 unspecified atom stereocenters. The zero-order chi connectivity index (χ0) is 16.4. The van der Waals surface area contributed by atoms with Crippen molar-refractivity contribution >= 4 is 36.4 Å². The Morgan fingerprint density at radius 2 is 1.86 bits per heavy atom. The zero-order valence-electron chi connectivity index (χ0n) is 12.3. The maximum atomic E-state index is 12.2. The Labute approximate surface area is 132 Å². The summed E-state index contributed by atoms with van der Waals surface area (Å²) in [4.78, 5) is 12.2. The first-order valence-corrected chi connectivity index (χ1v) is 10.2. The number of hydrogen-bond donors (Lipinski definition) is 1. The molecular formula is C13H18ClNO4S2. The first-order valence-electron chi connectivity index (χ1n) is 6.19. The van der Waals surface area contributed by atoms with Crippen molar-refractivity contribution in [3.63, 3.8) is 0 Å². The summed E-state index contributed by atoms with van der Waals surface area (Å²) in [5, 5.41) is 2.64. The molecule has 1 aromatic carbocycles. The average molecular weight is 352 g/mol. The van der Waals surface area contributed by atoms with Crippen molar-refractivity contribution in [2.24, 2.45) is 0 Å². The van der Waals surface area contributed by atoms with Crippen LogP contribution in [0.3, 0.4) is 0 Å². The van der Waals surface area contributed by atoms with Gasteiger partial charge < -0.3 is 5.32 Å². The number of nitrogens with one attached hydrogen (secondary N) is 1. The molecule has 118 valence electrons. The Balaban J connectivity index is 3.25. The molecule has 0 fully saturated rings. The number of benzene rings is 1. The molecular weight excluding hydrogens is 334 g/mol. The van der Waals surface area contributed by atoms with E-state index in [0.29, 0.717) is 28.0 Å². The highest BCUT2D eigenvalue weighted by molar-refractivity contribution is 8.13. The summed E-state index contributed by atoms with van der Waals surface area (Å²) in [5.74, 6) is -0.0480. The minimum Gasteiger partial charge on any atom is -0.351 e. The predicted octanol–water partition coefficient (Wildman–Crippen LogP) is 1.65. The fourth-order valence-electron chi connectivity index (χ4n) is 2.29. The average Bonchev–Trinajstić information content (AvgIpc) is 2.24.